The molecule has 1 fully saturated rings. The van der Waals surface area contributed by atoms with E-state index in [-0.39, 0.29) is 17.5 Å². The van der Waals surface area contributed by atoms with Crippen molar-refractivity contribution in [3.63, 3.8) is 0 Å². The second kappa shape index (κ2) is 6.24. The van der Waals surface area contributed by atoms with E-state index >= 15 is 0 Å². The average Bonchev–Trinajstić information content (AvgIpc) is 3.19. The number of benzene rings is 1. The second-order valence-corrected chi connectivity index (χ2v) is 5.91. The number of carboxylic acids is 1. The zero-order valence-corrected chi connectivity index (χ0v) is 13.0. The van der Waals surface area contributed by atoms with Crippen LogP contribution in [0.15, 0.2) is 30.5 Å². The number of anilines is 1. The van der Waals surface area contributed by atoms with Gasteiger partial charge in [0.1, 0.15) is 5.69 Å². The molecule has 2 aromatic rings. The van der Waals surface area contributed by atoms with Crippen LogP contribution >= 0.6 is 0 Å². The Morgan fingerprint density at radius 2 is 2.00 bits per heavy atom. The minimum atomic E-state index is -1.06. The number of nitrogens with zero attached hydrogens (tertiary/aromatic N) is 2. The molecule has 1 aromatic heterocycles. The van der Waals surface area contributed by atoms with Gasteiger partial charge in [0.25, 0.3) is 5.91 Å². The fourth-order valence-electron chi connectivity index (χ4n) is 3.06. The first-order chi connectivity index (χ1) is 11.1. The maximum atomic E-state index is 12.5. The van der Waals surface area contributed by atoms with Crippen LogP contribution in [0.25, 0.3) is 0 Å². The second-order valence-electron chi connectivity index (χ2n) is 5.91. The van der Waals surface area contributed by atoms with Gasteiger partial charge in [0, 0.05) is 6.20 Å². The highest BCUT2D eigenvalue weighted by Crippen LogP contribution is 2.30. The van der Waals surface area contributed by atoms with E-state index in [9.17, 15) is 14.7 Å². The SMILES string of the molecule is Cc1ccc(NC(=O)c2ccnn2C2CCCC2)c(C(=O)O)c1. The maximum absolute atomic E-state index is 12.5. The fraction of sp³-hybridized carbons (Fsp3) is 0.353. The van der Waals surface area contributed by atoms with Crippen molar-refractivity contribution in [2.45, 2.75) is 38.6 Å². The van der Waals surface area contributed by atoms with Crippen molar-refractivity contribution in [3.8, 4) is 0 Å². The topological polar surface area (TPSA) is 84.2 Å². The standard InChI is InChI=1S/C17H19N3O3/c1-11-6-7-14(13(10-11)17(22)23)19-16(21)15-8-9-18-20(15)12-4-2-3-5-12/h6-10,12H,2-5H2,1H3,(H,19,21)(H,22,23). The monoisotopic (exact) mass is 313 g/mol. The number of carboxylic acid groups (broad SMARTS) is 1. The van der Waals surface area contributed by atoms with E-state index in [0.29, 0.717) is 11.4 Å². The molecule has 0 bridgehead atoms. The Morgan fingerprint density at radius 1 is 1.26 bits per heavy atom. The van der Waals surface area contributed by atoms with Gasteiger partial charge in [-0.15, -0.1) is 0 Å². The number of aryl methyl sites for hydroxylation is 1. The van der Waals surface area contributed by atoms with Crippen LogP contribution in [0.2, 0.25) is 0 Å². The number of aromatic nitrogens is 2. The first kappa shape index (κ1) is 15.3. The Kier molecular flexibility index (Phi) is 4.14. The summed E-state index contributed by atoms with van der Waals surface area (Å²) in [6, 6.07) is 6.86. The van der Waals surface area contributed by atoms with Crippen LogP contribution in [-0.4, -0.2) is 26.8 Å². The Morgan fingerprint density at radius 3 is 2.70 bits per heavy atom. The van der Waals surface area contributed by atoms with Crippen LogP contribution in [-0.2, 0) is 0 Å². The lowest BCUT2D eigenvalue weighted by Gasteiger charge is -2.15. The smallest absolute Gasteiger partial charge is 0.337 e. The zero-order chi connectivity index (χ0) is 16.4. The third kappa shape index (κ3) is 3.11. The highest BCUT2D eigenvalue weighted by Gasteiger charge is 2.23. The molecule has 2 N–H and O–H groups in total. The van der Waals surface area contributed by atoms with Crippen LogP contribution in [0.5, 0.6) is 0 Å². The van der Waals surface area contributed by atoms with Gasteiger partial charge in [0.2, 0.25) is 0 Å². The van der Waals surface area contributed by atoms with Crippen molar-refractivity contribution in [2.24, 2.45) is 0 Å². The fourth-order valence-corrected chi connectivity index (χ4v) is 3.06. The molecule has 1 aromatic carbocycles. The van der Waals surface area contributed by atoms with E-state index in [1.54, 1.807) is 35.1 Å². The summed E-state index contributed by atoms with van der Waals surface area (Å²) in [6.45, 7) is 1.81. The molecule has 1 amide bonds. The lowest BCUT2D eigenvalue weighted by Crippen LogP contribution is -2.21. The highest BCUT2D eigenvalue weighted by molar-refractivity contribution is 6.07. The predicted molar refractivity (Wildman–Crippen MR) is 85.8 cm³/mol. The van der Waals surface area contributed by atoms with Crippen molar-refractivity contribution in [1.29, 1.82) is 0 Å². The molecule has 0 aliphatic heterocycles. The van der Waals surface area contributed by atoms with Gasteiger partial charge < -0.3 is 10.4 Å². The molecule has 23 heavy (non-hydrogen) atoms. The summed E-state index contributed by atoms with van der Waals surface area (Å²) in [6.07, 6.45) is 5.94. The average molecular weight is 313 g/mol. The molecular formula is C17H19N3O3. The van der Waals surface area contributed by atoms with Gasteiger partial charge in [-0.1, -0.05) is 24.5 Å². The molecule has 1 heterocycles. The first-order valence-electron chi connectivity index (χ1n) is 7.75. The minimum absolute atomic E-state index is 0.0882. The number of amides is 1. The molecule has 1 aliphatic rings. The summed E-state index contributed by atoms with van der Waals surface area (Å²) in [5, 5.41) is 16.3. The van der Waals surface area contributed by atoms with E-state index in [1.165, 1.54) is 0 Å². The maximum Gasteiger partial charge on any atom is 0.337 e. The largest absolute Gasteiger partial charge is 0.478 e. The van der Waals surface area contributed by atoms with E-state index in [0.717, 1.165) is 31.2 Å². The summed E-state index contributed by atoms with van der Waals surface area (Å²) < 4.78 is 1.76. The van der Waals surface area contributed by atoms with Crippen molar-refractivity contribution < 1.29 is 14.7 Å². The van der Waals surface area contributed by atoms with Crippen LogP contribution in [0.1, 0.15) is 58.1 Å². The summed E-state index contributed by atoms with van der Waals surface area (Å²) >= 11 is 0. The van der Waals surface area contributed by atoms with Crippen LogP contribution in [0.4, 0.5) is 5.69 Å². The van der Waals surface area contributed by atoms with E-state index in [4.69, 9.17) is 0 Å². The lowest BCUT2D eigenvalue weighted by molar-refractivity contribution is 0.0698. The molecular weight excluding hydrogens is 294 g/mol. The third-order valence-corrected chi connectivity index (χ3v) is 4.23. The quantitative estimate of drug-likeness (QED) is 0.907. The summed E-state index contributed by atoms with van der Waals surface area (Å²) in [4.78, 5) is 23.9. The van der Waals surface area contributed by atoms with Crippen molar-refractivity contribution in [2.75, 3.05) is 5.32 Å². The number of rotatable bonds is 4. The van der Waals surface area contributed by atoms with E-state index in [1.807, 2.05) is 6.92 Å². The Labute approximate surface area is 134 Å². The minimum Gasteiger partial charge on any atom is -0.478 e. The number of hydrogen-bond acceptors (Lipinski definition) is 3. The summed E-state index contributed by atoms with van der Waals surface area (Å²) in [5.41, 5.74) is 1.68. The number of aromatic carboxylic acids is 1. The molecule has 0 radical (unpaired) electrons. The Bertz CT molecular complexity index is 745. The van der Waals surface area contributed by atoms with E-state index in [2.05, 4.69) is 10.4 Å². The Hall–Kier alpha value is -2.63. The zero-order valence-electron chi connectivity index (χ0n) is 13.0. The highest BCUT2D eigenvalue weighted by atomic mass is 16.4. The molecule has 1 aliphatic carbocycles. The molecule has 1 saturated carbocycles. The van der Waals surface area contributed by atoms with Crippen LogP contribution in [0, 0.1) is 6.92 Å². The number of hydrogen-bond donors (Lipinski definition) is 2. The first-order valence-corrected chi connectivity index (χ1v) is 7.75. The van der Waals surface area contributed by atoms with Gasteiger partial charge in [-0.2, -0.15) is 5.10 Å². The third-order valence-electron chi connectivity index (χ3n) is 4.23. The van der Waals surface area contributed by atoms with E-state index < -0.39 is 5.97 Å². The van der Waals surface area contributed by atoms with Crippen molar-refractivity contribution in [1.82, 2.24) is 9.78 Å². The molecule has 0 spiro atoms. The molecule has 3 rings (SSSR count). The molecule has 0 saturated heterocycles. The van der Waals surface area contributed by atoms with Gasteiger partial charge >= 0.3 is 5.97 Å². The van der Waals surface area contributed by atoms with Crippen molar-refractivity contribution >= 4 is 17.6 Å². The van der Waals surface area contributed by atoms with Gasteiger partial charge in [-0.25, -0.2) is 4.79 Å². The van der Waals surface area contributed by atoms with Crippen LogP contribution < -0.4 is 5.32 Å². The predicted octanol–water partition coefficient (Wildman–Crippen LogP) is 3.26. The summed E-state index contributed by atoms with van der Waals surface area (Å²) in [7, 11) is 0. The van der Waals surface area contributed by atoms with Crippen LogP contribution in [0.3, 0.4) is 0 Å². The van der Waals surface area contributed by atoms with Gasteiger partial charge in [-0.3, -0.25) is 9.48 Å². The Balaban J connectivity index is 1.86. The molecule has 6 heteroatoms. The normalized spacial score (nSPS) is 14.8. The van der Waals surface area contributed by atoms with Gasteiger partial charge in [-0.05, 0) is 38.0 Å². The van der Waals surface area contributed by atoms with Gasteiger partial charge in [0.05, 0.1) is 17.3 Å². The summed E-state index contributed by atoms with van der Waals surface area (Å²) in [5.74, 6) is -1.39. The molecule has 0 unspecified atom stereocenters. The van der Waals surface area contributed by atoms with Gasteiger partial charge in [0.15, 0.2) is 0 Å². The molecule has 120 valence electrons. The van der Waals surface area contributed by atoms with Crippen molar-refractivity contribution in [3.05, 3.63) is 47.3 Å². The number of nitrogens with one attached hydrogen (secondary N) is 1. The number of carbonyl (C=O) groups excluding carboxylic acids is 1. The molecule has 0 atom stereocenters. The lowest BCUT2D eigenvalue weighted by atomic mass is 10.1. The molecule has 6 nitrogen and oxygen atoms in total. The number of carbonyl (C=O) groups is 2.